The van der Waals surface area contributed by atoms with Gasteiger partial charge < -0.3 is 19.5 Å². The minimum absolute atomic E-state index is 0.00661. The van der Waals surface area contributed by atoms with Crippen LogP contribution < -0.4 is 9.64 Å². The monoisotopic (exact) mass is 613 g/mol. The molecule has 4 aromatic rings. The van der Waals surface area contributed by atoms with Crippen LogP contribution in [0, 0.1) is 23.0 Å². The second-order valence-electron chi connectivity index (χ2n) is 14.2. The van der Waals surface area contributed by atoms with E-state index in [4.69, 9.17) is 14.5 Å². The highest BCUT2D eigenvalue weighted by atomic mass is 19.1. The molecule has 10 heteroatoms. The van der Waals surface area contributed by atoms with Crippen LogP contribution in [0.1, 0.15) is 56.9 Å². The molecule has 0 radical (unpaired) electrons. The number of hydrogen-bond acceptors (Lipinski definition) is 8. The predicted molar refractivity (Wildman–Crippen MR) is 166 cm³/mol. The van der Waals surface area contributed by atoms with Crippen molar-refractivity contribution in [3.05, 3.63) is 47.7 Å². The van der Waals surface area contributed by atoms with Crippen molar-refractivity contribution in [3.63, 3.8) is 0 Å². The quantitative estimate of drug-likeness (QED) is 0.286. The van der Waals surface area contributed by atoms with E-state index in [1.807, 2.05) is 0 Å². The molecule has 45 heavy (non-hydrogen) atoms. The lowest BCUT2D eigenvalue weighted by molar-refractivity contribution is -0.0256. The van der Waals surface area contributed by atoms with Gasteiger partial charge in [0, 0.05) is 37.0 Å². The van der Waals surface area contributed by atoms with Gasteiger partial charge in [-0.15, -0.1) is 0 Å². The van der Waals surface area contributed by atoms with Crippen molar-refractivity contribution in [2.24, 2.45) is 11.3 Å². The zero-order valence-electron chi connectivity index (χ0n) is 25.3. The smallest absolute Gasteiger partial charge is 0.319 e. The van der Waals surface area contributed by atoms with Crippen LogP contribution in [0.2, 0.25) is 0 Å². The van der Waals surface area contributed by atoms with Gasteiger partial charge in [0.2, 0.25) is 0 Å². The third-order valence-electron chi connectivity index (χ3n) is 11.3. The number of pyridine rings is 1. The van der Waals surface area contributed by atoms with E-state index in [9.17, 15) is 5.11 Å². The molecule has 8 nitrogen and oxygen atoms in total. The summed E-state index contributed by atoms with van der Waals surface area (Å²) in [6.45, 7) is 4.87. The molecule has 1 spiro atoms. The molecule has 234 valence electrons. The van der Waals surface area contributed by atoms with E-state index in [0.717, 1.165) is 77.5 Å². The van der Waals surface area contributed by atoms with Crippen molar-refractivity contribution in [1.82, 2.24) is 19.9 Å². The molecule has 7 aliphatic rings. The molecule has 8 heterocycles. The maximum absolute atomic E-state index is 16.9. The summed E-state index contributed by atoms with van der Waals surface area (Å²) < 4.78 is 44.9. The molecular formula is C35H37F2N5O3. The molecule has 11 rings (SSSR count). The van der Waals surface area contributed by atoms with Gasteiger partial charge in [-0.2, -0.15) is 9.97 Å². The van der Waals surface area contributed by atoms with Crippen LogP contribution >= 0.6 is 0 Å². The lowest BCUT2D eigenvalue weighted by Gasteiger charge is -2.53. The van der Waals surface area contributed by atoms with Crippen LogP contribution in [-0.4, -0.2) is 69.9 Å². The minimum Gasteiger partial charge on any atom is -0.508 e. The lowest BCUT2D eigenvalue weighted by Crippen LogP contribution is -2.51. The molecule has 1 aliphatic carbocycles. The summed E-state index contributed by atoms with van der Waals surface area (Å²) >= 11 is 0. The maximum Gasteiger partial charge on any atom is 0.319 e. The summed E-state index contributed by atoms with van der Waals surface area (Å²) in [5, 5.41) is 12.3. The number of rotatable bonds is 3. The third-order valence-corrected chi connectivity index (χ3v) is 11.3. The Morgan fingerprint density at radius 3 is 2.69 bits per heavy atom. The molecule has 2 aromatic heterocycles. The fraction of sp³-hybridized carbons (Fsp3) is 0.514. The van der Waals surface area contributed by atoms with Crippen LogP contribution in [0.3, 0.4) is 0 Å². The first-order valence-corrected chi connectivity index (χ1v) is 16.4. The maximum atomic E-state index is 16.9. The van der Waals surface area contributed by atoms with E-state index in [1.54, 1.807) is 18.3 Å². The van der Waals surface area contributed by atoms with E-state index in [1.165, 1.54) is 12.1 Å². The van der Waals surface area contributed by atoms with Crippen molar-refractivity contribution >= 4 is 27.5 Å². The largest absolute Gasteiger partial charge is 0.508 e. The van der Waals surface area contributed by atoms with Crippen molar-refractivity contribution in [2.45, 2.75) is 63.5 Å². The summed E-state index contributed by atoms with van der Waals surface area (Å²) in [5.74, 6) is -0.0832. The van der Waals surface area contributed by atoms with Gasteiger partial charge in [0.1, 0.15) is 35.2 Å². The van der Waals surface area contributed by atoms with Gasteiger partial charge >= 0.3 is 6.01 Å². The zero-order valence-corrected chi connectivity index (χ0v) is 25.3. The first-order valence-electron chi connectivity index (χ1n) is 16.4. The number of phenols is 1. The second kappa shape index (κ2) is 10.2. The Morgan fingerprint density at radius 1 is 1.02 bits per heavy atom. The number of aromatic nitrogens is 3. The van der Waals surface area contributed by atoms with E-state index in [-0.39, 0.29) is 40.5 Å². The van der Waals surface area contributed by atoms with E-state index in [0.29, 0.717) is 52.2 Å². The Morgan fingerprint density at radius 2 is 1.84 bits per heavy atom. The van der Waals surface area contributed by atoms with Crippen LogP contribution in [0.25, 0.3) is 32.9 Å². The number of hydrogen-bond donors (Lipinski definition) is 1. The SMILES string of the molecule is Oc1cc2c3c(c(F)ccc3c1)COCC1CC3(CCCN(C3)c3nc(OCC45CCCN4CCC5)nc4c(F)c-2ncc34)C1. The molecule has 7 bridgehead atoms. The van der Waals surface area contributed by atoms with E-state index in [2.05, 4.69) is 19.8 Å². The molecular weight excluding hydrogens is 576 g/mol. The number of aromatic hydroxyl groups is 1. The number of halogens is 2. The van der Waals surface area contributed by atoms with E-state index < -0.39 is 11.6 Å². The summed E-state index contributed by atoms with van der Waals surface area (Å²) in [5.41, 5.74) is 0.884. The Kier molecular flexibility index (Phi) is 6.26. The van der Waals surface area contributed by atoms with Crippen LogP contribution in [0.4, 0.5) is 14.6 Å². The normalized spacial score (nSPS) is 25.6. The molecule has 2 aromatic carbocycles. The summed E-state index contributed by atoms with van der Waals surface area (Å²) in [4.78, 5) is 19.1. The minimum atomic E-state index is -0.645. The molecule has 0 amide bonds. The highest BCUT2D eigenvalue weighted by Gasteiger charge is 2.48. The van der Waals surface area contributed by atoms with Gasteiger partial charge in [-0.3, -0.25) is 9.88 Å². The van der Waals surface area contributed by atoms with Crippen molar-refractivity contribution < 1.29 is 23.4 Å². The molecule has 3 saturated heterocycles. The summed E-state index contributed by atoms with van der Waals surface area (Å²) in [6.07, 6.45) is 10.3. The number of phenolic OH excluding ortho intramolecular Hbond substituents is 1. The summed E-state index contributed by atoms with van der Waals surface area (Å²) in [6, 6.07) is 6.16. The van der Waals surface area contributed by atoms with Crippen LogP contribution in [0.5, 0.6) is 11.8 Å². The number of benzene rings is 2. The van der Waals surface area contributed by atoms with Gasteiger partial charge in [0.05, 0.1) is 17.5 Å². The van der Waals surface area contributed by atoms with E-state index >= 15 is 8.78 Å². The number of nitrogens with zero attached hydrogens (tertiary/aromatic N) is 5. The average molecular weight is 614 g/mol. The van der Waals surface area contributed by atoms with Crippen LogP contribution in [-0.2, 0) is 11.3 Å². The van der Waals surface area contributed by atoms with Crippen molar-refractivity contribution in [2.75, 3.05) is 44.3 Å². The molecule has 0 atom stereocenters. The highest BCUT2D eigenvalue weighted by Crippen LogP contribution is 2.52. The molecule has 1 N–H and O–H groups in total. The summed E-state index contributed by atoms with van der Waals surface area (Å²) in [7, 11) is 0. The average Bonchev–Trinajstić information content (AvgIpc) is 3.60. The number of ether oxygens (including phenoxy) is 2. The standard InChI is InChI=1S/C35H37F2N5O3/c36-27-5-4-22-12-23(43)13-24-28(22)26(27)18-44-17-21-14-34(15-21)6-1-9-41(19-34)32-25-16-38-30(24)29(37)31(25)39-33(40-32)45-20-35-7-2-10-42(35)11-3-8-35/h4-5,12-13,16,21,43H,1-3,6-11,14-15,17-20H2. The first-order chi connectivity index (χ1) is 21.9. The molecule has 4 fully saturated rings. The number of anilines is 1. The Bertz CT molecular complexity index is 1830. The predicted octanol–water partition coefficient (Wildman–Crippen LogP) is 6.36. The van der Waals surface area contributed by atoms with Gasteiger partial charge in [0.25, 0.3) is 0 Å². The molecule has 0 unspecified atom stereocenters. The Balaban J connectivity index is 1.24. The highest BCUT2D eigenvalue weighted by molar-refractivity contribution is 6.01. The van der Waals surface area contributed by atoms with Gasteiger partial charge in [0.15, 0.2) is 5.82 Å². The van der Waals surface area contributed by atoms with Gasteiger partial charge in [-0.05, 0) is 105 Å². The number of piperidine rings is 1. The lowest BCUT2D eigenvalue weighted by atomic mass is 9.58. The van der Waals surface area contributed by atoms with Crippen molar-refractivity contribution in [1.29, 1.82) is 0 Å². The Labute approximate surface area is 260 Å². The number of fused-ring (bicyclic) bond motifs is 1. The zero-order chi connectivity index (χ0) is 30.3. The first kappa shape index (κ1) is 27.7. The van der Waals surface area contributed by atoms with Crippen molar-refractivity contribution in [3.8, 4) is 23.0 Å². The fourth-order valence-corrected chi connectivity index (χ4v) is 9.34. The van der Waals surface area contributed by atoms with Crippen LogP contribution in [0.15, 0.2) is 30.5 Å². The third kappa shape index (κ3) is 4.39. The Hall–Kier alpha value is -3.63. The van der Waals surface area contributed by atoms with Gasteiger partial charge in [-0.1, -0.05) is 6.07 Å². The molecule has 6 aliphatic heterocycles. The topological polar surface area (TPSA) is 83.8 Å². The second-order valence-corrected chi connectivity index (χ2v) is 14.2. The van der Waals surface area contributed by atoms with Gasteiger partial charge in [-0.25, -0.2) is 8.78 Å². The fourth-order valence-electron chi connectivity index (χ4n) is 9.34. The molecule has 1 saturated carbocycles.